The molecule has 0 saturated carbocycles. The van der Waals surface area contributed by atoms with Crippen LogP contribution in [-0.4, -0.2) is 34.3 Å². The largest absolute Gasteiger partial charge is 0.328 e. The number of carbonyl (C=O) groups excluding carboxylic acids is 2. The predicted molar refractivity (Wildman–Crippen MR) is 84.2 cm³/mol. The molecule has 3 rings (SSSR count). The fourth-order valence-electron chi connectivity index (χ4n) is 2.35. The van der Waals surface area contributed by atoms with Crippen LogP contribution in [0.1, 0.15) is 12.0 Å². The zero-order valence-corrected chi connectivity index (χ0v) is 12.8. The molecule has 2 aliphatic rings. The van der Waals surface area contributed by atoms with Crippen LogP contribution >= 0.6 is 24.4 Å². The third-order valence-corrected chi connectivity index (χ3v) is 4.43. The summed E-state index contributed by atoms with van der Waals surface area (Å²) < 4.78 is 5.74. The van der Waals surface area contributed by atoms with E-state index in [-0.39, 0.29) is 18.2 Å². The quantitative estimate of drug-likeness (QED) is 0.653. The van der Waals surface area contributed by atoms with Crippen LogP contribution in [0.4, 0.5) is 0 Å². The molecule has 110 valence electrons. The van der Waals surface area contributed by atoms with Crippen molar-refractivity contribution in [2.45, 2.75) is 11.6 Å². The number of nitrogens with one attached hydrogen (secondary N) is 1. The first-order valence-corrected chi connectivity index (χ1v) is 8.00. The molecule has 1 saturated heterocycles. The minimum Gasteiger partial charge on any atom is -0.328 e. The van der Waals surface area contributed by atoms with Gasteiger partial charge in [0, 0.05) is 11.2 Å². The highest BCUT2D eigenvalue weighted by atomic mass is 32.2. The summed E-state index contributed by atoms with van der Waals surface area (Å²) in [6, 6.07) is 9.57. The zero-order valence-electron chi connectivity index (χ0n) is 11.1. The molecule has 0 spiro atoms. The topological polar surface area (TPSA) is 58.6 Å². The van der Waals surface area contributed by atoms with Gasteiger partial charge < -0.3 is 10.1 Å². The van der Waals surface area contributed by atoms with Gasteiger partial charge in [-0.1, -0.05) is 42.1 Å². The van der Waals surface area contributed by atoms with Gasteiger partial charge in [0.05, 0.1) is 12.3 Å². The number of hydrogen-bond donors (Lipinski definition) is 2. The van der Waals surface area contributed by atoms with Crippen molar-refractivity contribution in [2.24, 2.45) is 0 Å². The van der Waals surface area contributed by atoms with Gasteiger partial charge in [-0.05, 0) is 5.56 Å². The highest BCUT2D eigenvalue weighted by Crippen LogP contribution is 2.45. The lowest BCUT2D eigenvalue weighted by atomic mass is 10.1. The van der Waals surface area contributed by atoms with E-state index in [1.165, 1.54) is 16.7 Å². The van der Waals surface area contributed by atoms with E-state index >= 15 is 0 Å². The molecule has 0 unspecified atom stereocenters. The molecule has 7 heteroatoms. The molecule has 1 atom stereocenters. The van der Waals surface area contributed by atoms with Gasteiger partial charge in [-0.25, -0.2) is 0 Å². The average molecular weight is 322 g/mol. The van der Waals surface area contributed by atoms with E-state index < -0.39 is 5.18 Å². The van der Waals surface area contributed by atoms with E-state index in [0.29, 0.717) is 12.4 Å². The summed E-state index contributed by atoms with van der Waals surface area (Å²) in [7, 11) is 0. The molecule has 0 aromatic heterocycles. The number of amides is 2. The standard InChI is InChI=1S/C14H14N2O3S2/c17-12-8-13(18)16-11(10-4-2-1-3-5-10)9-21-14(16,15-12)19-6-7-20/h1-5,9,20H,6-8H2,(H,15,17)/t14-/m0/s1. The third kappa shape index (κ3) is 2.56. The SMILES string of the molecule is O=C1CC(=O)N2C(c3ccccc3)=CS[C@@]2(OCCS)N1. The van der Waals surface area contributed by atoms with Crippen LogP contribution < -0.4 is 5.32 Å². The molecule has 0 bridgehead atoms. The minimum atomic E-state index is -1.18. The maximum absolute atomic E-state index is 12.4. The van der Waals surface area contributed by atoms with Crippen LogP contribution in [0.2, 0.25) is 0 Å². The molecule has 0 aliphatic carbocycles. The number of ether oxygens (including phenoxy) is 1. The number of nitrogens with zero attached hydrogens (tertiary/aromatic N) is 1. The van der Waals surface area contributed by atoms with Crippen molar-refractivity contribution in [3.8, 4) is 0 Å². The van der Waals surface area contributed by atoms with Crippen LogP contribution in [0, 0.1) is 0 Å². The number of carbonyl (C=O) groups is 2. The predicted octanol–water partition coefficient (Wildman–Crippen LogP) is 1.64. The summed E-state index contributed by atoms with van der Waals surface area (Å²) in [6.07, 6.45) is -0.170. The summed E-state index contributed by atoms with van der Waals surface area (Å²) in [6.45, 7) is 0.329. The molecule has 5 nitrogen and oxygen atoms in total. The lowest BCUT2D eigenvalue weighted by Gasteiger charge is -2.41. The van der Waals surface area contributed by atoms with Crippen LogP contribution in [0.15, 0.2) is 35.7 Å². The Bertz CT molecular complexity index is 605. The molecule has 2 aliphatic heterocycles. The van der Waals surface area contributed by atoms with Crippen LogP contribution in [0.5, 0.6) is 0 Å². The van der Waals surface area contributed by atoms with E-state index in [2.05, 4.69) is 17.9 Å². The molecule has 1 N–H and O–H groups in total. The zero-order chi connectivity index (χ0) is 14.9. The van der Waals surface area contributed by atoms with Crippen molar-refractivity contribution in [1.29, 1.82) is 0 Å². The fraction of sp³-hybridized carbons (Fsp3) is 0.286. The Labute approximate surface area is 132 Å². The first kappa shape index (κ1) is 14.5. The van der Waals surface area contributed by atoms with Crippen molar-refractivity contribution >= 4 is 41.9 Å². The third-order valence-electron chi connectivity index (χ3n) is 3.18. The van der Waals surface area contributed by atoms with Crippen molar-refractivity contribution in [2.75, 3.05) is 12.4 Å². The first-order valence-electron chi connectivity index (χ1n) is 6.48. The number of rotatable bonds is 4. The van der Waals surface area contributed by atoms with Gasteiger partial charge in [0.25, 0.3) is 5.18 Å². The fourth-order valence-corrected chi connectivity index (χ4v) is 3.58. The van der Waals surface area contributed by atoms with E-state index in [9.17, 15) is 9.59 Å². The number of fused-ring (bicyclic) bond motifs is 1. The van der Waals surface area contributed by atoms with E-state index in [1.807, 2.05) is 35.7 Å². The highest BCUT2D eigenvalue weighted by Gasteiger charge is 2.52. The molecule has 1 aromatic rings. The molecule has 0 radical (unpaired) electrons. The van der Waals surface area contributed by atoms with Gasteiger partial charge in [0.1, 0.15) is 6.42 Å². The molecule has 2 heterocycles. The summed E-state index contributed by atoms with van der Waals surface area (Å²) in [4.78, 5) is 25.6. The lowest BCUT2D eigenvalue weighted by Crippen LogP contribution is -2.63. The van der Waals surface area contributed by atoms with E-state index in [0.717, 1.165) is 11.3 Å². The molecule has 1 aromatic carbocycles. The molecule has 2 amide bonds. The summed E-state index contributed by atoms with van der Waals surface area (Å²) in [5.74, 6) is -0.0930. The van der Waals surface area contributed by atoms with Gasteiger partial charge in [0.2, 0.25) is 11.8 Å². The van der Waals surface area contributed by atoms with Crippen molar-refractivity contribution < 1.29 is 14.3 Å². The Hall–Kier alpha value is -1.44. The van der Waals surface area contributed by atoms with Gasteiger partial charge in [-0.15, -0.1) is 0 Å². The van der Waals surface area contributed by atoms with Crippen molar-refractivity contribution in [3.63, 3.8) is 0 Å². The molecule has 1 fully saturated rings. The minimum absolute atomic E-state index is 0.170. The Morgan fingerprint density at radius 1 is 1.33 bits per heavy atom. The first-order chi connectivity index (χ1) is 10.2. The average Bonchev–Trinajstić information content (AvgIpc) is 2.86. The Balaban J connectivity index is 1.96. The second kappa shape index (κ2) is 5.75. The monoisotopic (exact) mass is 322 g/mol. The van der Waals surface area contributed by atoms with Gasteiger partial charge in [-0.3, -0.25) is 14.5 Å². The van der Waals surface area contributed by atoms with Gasteiger partial charge in [-0.2, -0.15) is 12.6 Å². The second-order valence-electron chi connectivity index (χ2n) is 4.59. The van der Waals surface area contributed by atoms with Gasteiger partial charge in [0.15, 0.2) is 0 Å². The van der Waals surface area contributed by atoms with Crippen molar-refractivity contribution in [1.82, 2.24) is 10.2 Å². The number of thioether (sulfide) groups is 1. The maximum Gasteiger partial charge on any atom is 0.284 e. The normalized spacial score (nSPS) is 24.6. The highest BCUT2D eigenvalue weighted by molar-refractivity contribution is 8.03. The Kier molecular flexibility index (Phi) is 3.97. The summed E-state index contributed by atoms with van der Waals surface area (Å²) in [5.41, 5.74) is 1.65. The number of benzene rings is 1. The van der Waals surface area contributed by atoms with E-state index in [4.69, 9.17) is 4.74 Å². The second-order valence-corrected chi connectivity index (χ2v) is 6.07. The lowest BCUT2D eigenvalue weighted by molar-refractivity contribution is -0.161. The van der Waals surface area contributed by atoms with Crippen LogP contribution in [0.3, 0.4) is 0 Å². The summed E-state index contributed by atoms with van der Waals surface area (Å²) in [5, 5.41) is 3.44. The van der Waals surface area contributed by atoms with Gasteiger partial charge >= 0.3 is 0 Å². The van der Waals surface area contributed by atoms with E-state index in [1.54, 1.807) is 0 Å². The summed E-state index contributed by atoms with van der Waals surface area (Å²) >= 11 is 5.40. The maximum atomic E-state index is 12.4. The smallest absolute Gasteiger partial charge is 0.284 e. The van der Waals surface area contributed by atoms with Crippen LogP contribution in [0.25, 0.3) is 5.70 Å². The number of hydrogen-bond acceptors (Lipinski definition) is 5. The molecule has 21 heavy (non-hydrogen) atoms. The van der Waals surface area contributed by atoms with Crippen molar-refractivity contribution in [3.05, 3.63) is 41.3 Å². The molecular weight excluding hydrogens is 308 g/mol. The Morgan fingerprint density at radius 2 is 2.10 bits per heavy atom. The Morgan fingerprint density at radius 3 is 2.81 bits per heavy atom. The van der Waals surface area contributed by atoms with Crippen LogP contribution in [-0.2, 0) is 14.3 Å². The number of thiol groups is 1. The molecular formula is C14H14N2O3S2.